The molecule has 3 rings (SSSR count). The molecule has 13 nitrogen and oxygen atoms in total. The lowest BCUT2D eigenvalue weighted by Crippen LogP contribution is -2.57. The maximum absolute atomic E-state index is 13.4. The largest absolute Gasteiger partial charge is 0.508 e. The van der Waals surface area contributed by atoms with Crippen LogP contribution in [0.3, 0.4) is 0 Å². The van der Waals surface area contributed by atoms with Crippen molar-refractivity contribution >= 4 is 40.6 Å². The number of phenolic OH excluding ortho intramolecular Hbond substituents is 1. The Kier molecular flexibility index (Phi) is 10.4. The third-order valence-corrected chi connectivity index (χ3v) is 6.42. The number of benzene rings is 2. The van der Waals surface area contributed by atoms with Gasteiger partial charge in [0.1, 0.15) is 23.9 Å². The van der Waals surface area contributed by atoms with Crippen LogP contribution in [0.5, 0.6) is 5.75 Å². The van der Waals surface area contributed by atoms with Crippen LogP contribution in [-0.4, -0.2) is 74.1 Å². The van der Waals surface area contributed by atoms with Gasteiger partial charge in [-0.3, -0.25) is 19.2 Å². The van der Waals surface area contributed by atoms with Gasteiger partial charge in [0.25, 0.3) is 0 Å². The van der Waals surface area contributed by atoms with E-state index in [9.17, 15) is 39.3 Å². The Morgan fingerprint density at radius 3 is 2.07 bits per heavy atom. The van der Waals surface area contributed by atoms with Gasteiger partial charge in [-0.05, 0) is 42.7 Å². The summed E-state index contributed by atoms with van der Waals surface area (Å²) in [5.41, 5.74) is 7.72. The lowest BCUT2D eigenvalue weighted by atomic mass is 10.0. The molecule has 3 amide bonds. The Bertz CT molecular complexity index is 1400. The molecular weight excluding hydrogens is 534 g/mol. The highest BCUT2D eigenvalue weighted by Crippen LogP contribution is 2.19. The molecule has 1 aromatic heterocycles. The zero-order valence-electron chi connectivity index (χ0n) is 22.3. The van der Waals surface area contributed by atoms with Crippen molar-refractivity contribution in [3.8, 4) is 5.75 Å². The second-order valence-corrected chi connectivity index (χ2v) is 9.68. The van der Waals surface area contributed by atoms with Gasteiger partial charge in [-0.1, -0.05) is 30.3 Å². The number of amides is 3. The minimum absolute atomic E-state index is 0.0144. The quantitative estimate of drug-likeness (QED) is 0.135. The van der Waals surface area contributed by atoms with E-state index in [2.05, 4.69) is 20.9 Å². The third-order valence-electron chi connectivity index (χ3n) is 6.42. The maximum atomic E-state index is 13.4. The van der Waals surface area contributed by atoms with E-state index in [1.807, 2.05) is 24.3 Å². The van der Waals surface area contributed by atoms with Crippen LogP contribution >= 0.6 is 0 Å². The number of nitrogens with two attached hydrogens (primary N) is 1. The average molecular weight is 568 g/mol. The fourth-order valence-electron chi connectivity index (χ4n) is 4.18. The molecule has 9 N–H and O–H groups in total. The van der Waals surface area contributed by atoms with Gasteiger partial charge in [0.15, 0.2) is 0 Å². The number of carbonyl (C=O) groups excluding carboxylic acids is 3. The van der Waals surface area contributed by atoms with Crippen molar-refractivity contribution < 1.29 is 39.3 Å². The summed E-state index contributed by atoms with van der Waals surface area (Å²) >= 11 is 0. The number of aliphatic carboxylic acids is 2. The number of nitrogens with one attached hydrogen (secondary N) is 4. The fourth-order valence-corrected chi connectivity index (χ4v) is 4.18. The Balaban J connectivity index is 1.81. The van der Waals surface area contributed by atoms with E-state index in [1.165, 1.54) is 31.2 Å². The van der Waals surface area contributed by atoms with Crippen LogP contribution < -0.4 is 21.7 Å². The number of rotatable bonds is 14. The Hall–Kier alpha value is -4.91. The van der Waals surface area contributed by atoms with Crippen LogP contribution in [0.1, 0.15) is 30.9 Å². The van der Waals surface area contributed by atoms with Crippen molar-refractivity contribution in [1.29, 1.82) is 0 Å². The van der Waals surface area contributed by atoms with Gasteiger partial charge < -0.3 is 42.0 Å². The molecule has 0 radical (unpaired) electrons. The van der Waals surface area contributed by atoms with Gasteiger partial charge in [0.05, 0.1) is 6.04 Å². The topological polar surface area (TPSA) is 224 Å². The van der Waals surface area contributed by atoms with Crippen LogP contribution in [0.25, 0.3) is 10.9 Å². The standard InChI is InChI=1S/C28H33N5O8/c1-15(29)25(37)32-22(13-17-14-30-20-5-3-2-4-19(17)20)27(39)31-21(10-11-24(35)36)26(38)33-23(28(40)41)12-16-6-8-18(34)9-7-16/h2-9,14-15,21-23,30,34H,10-13,29H2,1H3,(H,31,39)(H,32,37)(H,33,38)(H,35,36)(H,40,41). The first-order chi connectivity index (χ1) is 19.4. The molecule has 0 saturated heterocycles. The molecule has 13 heteroatoms. The lowest BCUT2D eigenvalue weighted by molar-refractivity contribution is -0.143. The number of phenols is 1. The molecule has 0 aliphatic rings. The van der Waals surface area contributed by atoms with Crippen molar-refractivity contribution in [1.82, 2.24) is 20.9 Å². The van der Waals surface area contributed by atoms with Crippen molar-refractivity contribution in [3.63, 3.8) is 0 Å². The van der Waals surface area contributed by atoms with E-state index in [0.717, 1.165) is 10.9 Å². The molecular formula is C28H33N5O8. The number of aromatic hydroxyl groups is 1. The van der Waals surface area contributed by atoms with Crippen molar-refractivity contribution in [2.24, 2.45) is 5.73 Å². The normalized spacial score (nSPS) is 13.9. The zero-order chi connectivity index (χ0) is 30.1. The average Bonchev–Trinajstić information content (AvgIpc) is 3.33. The number of hydrogen-bond acceptors (Lipinski definition) is 7. The molecule has 0 aliphatic heterocycles. The first-order valence-electron chi connectivity index (χ1n) is 12.9. The lowest BCUT2D eigenvalue weighted by Gasteiger charge is -2.25. The third kappa shape index (κ3) is 8.80. The summed E-state index contributed by atoms with van der Waals surface area (Å²) in [4.78, 5) is 65.3. The summed E-state index contributed by atoms with van der Waals surface area (Å²) in [6.07, 6.45) is 0.764. The number of H-pyrrole nitrogens is 1. The van der Waals surface area contributed by atoms with Crippen molar-refractivity contribution in [2.45, 2.75) is 56.8 Å². The maximum Gasteiger partial charge on any atom is 0.326 e. The predicted molar refractivity (Wildman–Crippen MR) is 148 cm³/mol. The summed E-state index contributed by atoms with van der Waals surface area (Å²) in [6.45, 7) is 1.44. The summed E-state index contributed by atoms with van der Waals surface area (Å²) in [5, 5.41) is 36.6. The minimum Gasteiger partial charge on any atom is -0.508 e. The van der Waals surface area contributed by atoms with Crippen LogP contribution in [-0.2, 0) is 36.8 Å². The Morgan fingerprint density at radius 2 is 1.44 bits per heavy atom. The summed E-state index contributed by atoms with van der Waals surface area (Å²) in [6, 6.07) is 8.14. The molecule has 41 heavy (non-hydrogen) atoms. The summed E-state index contributed by atoms with van der Waals surface area (Å²) in [7, 11) is 0. The highest BCUT2D eigenvalue weighted by molar-refractivity contribution is 5.95. The highest BCUT2D eigenvalue weighted by Gasteiger charge is 2.31. The van der Waals surface area contributed by atoms with E-state index in [-0.39, 0.29) is 25.0 Å². The molecule has 2 aromatic carbocycles. The van der Waals surface area contributed by atoms with E-state index >= 15 is 0 Å². The number of para-hydroxylation sites is 1. The second-order valence-electron chi connectivity index (χ2n) is 9.68. The van der Waals surface area contributed by atoms with Gasteiger partial charge in [0, 0.05) is 36.4 Å². The minimum atomic E-state index is -1.42. The highest BCUT2D eigenvalue weighted by atomic mass is 16.4. The molecule has 3 aromatic rings. The van der Waals surface area contributed by atoms with E-state index < -0.39 is 60.2 Å². The number of carboxylic acids is 2. The van der Waals surface area contributed by atoms with Crippen LogP contribution in [0, 0.1) is 0 Å². The fraction of sp³-hybridized carbons (Fsp3) is 0.321. The molecule has 0 aliphatic carbocycles. The number of aromatic nitrogens is 1. The van der Waals surface area contributed by atoms with Gasteiger partial charge in [-0.25, -0.2) is 4.79 Å². The van der Waals surface area contributed by atoms with E-state index in [0.29, 0.717) is 11.1 Å². The summed E-state index contributed by atoms with van der Waals surface area (Å²) < 4.78 is 0. The monoisotopic (exact) mass is 567 g/mol. The van der Waals surface area contributed by atoms with Gasteiger partial charge >= 0.3 is 11.9 Å². The van der Waals surface area contributed by atoms with Crippen LogP contribution in [0.15, 0.2) is 54.7 Å². The van der Waals surface area contributed by atoms with Gasteiger partial charge in [-0.2, -0.15) is 0 Å². The van der Waals surface area contributed by atoms with Gasteiger partial charge in [0.2, 0.25) is 17.7 Å². The number of carboxylic acid groups (broad SMARTS) is 2. The Labute approximate surface area is 235 Å². The summed E-state index contributed by atoms with van der Waals surface area (Å²) in [5.74, 6) is -4.89. The molecule has 0 fully saturated rings. The molecule has 1 heterocycles. The van der Waals surface area contributed by atoms with Crippen molar-refractivity contribution in [2.75, 3.05) is 0 Å². The van der Waals surface area contributed by atoms with Crippen LogP contribution in [0.2, 0.25) is 0 Å². The van der Waals surface area contributed by atoms with E-state index in [4.69, 9.17) is 5.73 Å². The van der Waals surface area contributed by atoms with Gasteiger partial charge in [-0.15, -0.1) is 0 Å². The zero-order valence-corrected chi connectivity index (χ0v) is 22.3. The number of aromatic amines is 1. The smallest absolute Gasteiger partial charge is 0.326 e. The molecule has 4 unspecified atom stereocenters. The van der Waals surface area contributed by atoms with Crippen molar-refractivity contribution in [3.05, 3.63) is 65.9 Å². The Morgan fingerprint density at radius 1 is 0.829 bits per heavy atom. The molecule has 0 bridgehead atoms. The molecule has 0 saturated carbocycles. The number of hydrogen-bond donors (Lipinski definition) is 8. The molecule has 0 spiro atoms. The molecule has 4 atom stereocenters. The van der Waals surface area contributed by atoms with Crippen LogP contribution in [0.4, 0.5) is 0 Å². The predicted octanol–water partition coefficient (Wildman–Crippen LogP) is 0.410. The SMILES string of the molecule is CC(N)C(=O)NC(Cc1c[nH]c2ccccc12)C(=O)NC(CCC(=O)O)C(=O)NC(Cc1ccc(O)cc1)C(=O)O. The first kappa shape index (κ1) is 30.6. The second kappa shape index (κ2) is 13.9. The first-order valence-corrected chi connectivity index (χ1v) is 12.9. The van der Waals surface area contributed by atoms with E-state index in [1.54, 1.807) is 6.20 Å². The number of fused-ring (bicyclic) bond motifs is 1. The number of carbonyl (C=O) groups is 5. The molecule has 218 valence electrons.